The fourth-order valence-corrected chi connectivity index (χ4v) is 4.61. The van der Waals surface area contributed by atoms with Crippen LogP contribution < -0.4 is 11.3 Å². The first-order valence-corrected chi connectivity index (χ1v) is 8.28. The number of hydrogen-bond donors (Lipinski definition) is 2. The number of hydrogen-bond acceptors (Lipinski definition) is 3. The summed E-state index contributed by atoms with van der Waals surface area (Å²) in [5.74, 6) is 7.12. The van der Waals surface area contributed by atoms with Gasteiger partial charge in [-0.2, -0.15) is 11.8 Å². The third-order valence-electron chi connectivity index (χ3n) is 4.49. The number of fused-ring (bicyclic) bond motifs is 1. The maximum Gasteiger partial charge on any atom is 0.0395 e. The molecule has 2 aromatic rings. The van der Waals surface area contributed by atoms with Crippen molar-refractivity contribution >= 4 is 22.5 Å². The summed E-state index contributed by atoms with van der Waals surface area (Å²) in [7, 11) is 0. The summed E-state index contributed by atoms with van der Waals surface area (Å²) in [6, 6.07) is 15.5. The van der Waals surface area contributed by atoms with Gasteiger partial charge in [-0.1, -0.05) is 42.5 Å². The number of nitrogens with two attached hydrogens (primary N) is 1. The van der Waals surface area contributed by atoms with Crippen molar-refractivity contribution in [3.8, 4) is 0 Å². The average molecular weight is 286 g/mol. The predicted molar refractivity (Wildman–Crippen MR) is 88.9 cm³/mol. The van der Waals surface area contributed by atoms with E-state index >= 15 is 0 Å². The summed E-state index contributed by atoms with van der Waals surface area (Å²) in [6.07, 6.45) is 3.54. The fourth-order valence-electron chi connectivity index (χ4n) is 3.22. The van der Waals surface area contributed by atoms with Gasteiger partial charge < -0.3 is 0 Å². The molecule has 2 aromatic carbocycles. The van der Waals surface area contributed by atoms with Crippen LogP contribution in [0.25, 0.3) is 10.8 Å². The third-order valence-corrected chi connectivity index (χ3v) is 6.13. The summed E-state index contributed by atoms with van der Waals surface area (Å²) < 4.78 is 0.256. The molecule has 0 radical (unpaired) electrons. The molecule has 2 atom stereocenters. The van der Waals surface area contributed by atoms with Crippen molar-refractivity contribution in [2.45, 2.75) is 37.0 Å². The van der Waals surface area contributed by atoms with Crippen LogP contribution in [0, 0.1) is 0 Å². The van der Waals surface area contributed by atoms with Crippen LogP contribution in [0.2, 0.25) is 0 Å². The number of benzene rings is 2. The molecule has 1 aliphatic rings. The lowest BCUT2D eigenvalue weighted by Crippen LogP contribution is -2.50. The van der Waals surface area contributed by atoms with E-state index in [0.717, 1.165) is 6.42 Å². The maximum absolute atomic E-state index is 5.87. The van der Waals surface area contributed by atoms with Crippen LogP contribution in [0.5, 0.6) is 0 Å². The molecule has 1 aliphatic heterocycles. The minimum atomic E-state index is 0.256. The number of nitrogens with one attached hydrogen (secondary N) is 1. The Labute approximate surface area is 125 Å². The molecule has 2 unspecified atom stereocenters. The number of thioether (sulfide) groups is 1. The predicted octanol–water partition coefficient (Wildman–Crippen LogP) is 3.50. The van der Waals surface area contributed by atoms with Crippen molar-refractivity contribution in [2.75, 3.05) is 5.75 Å². The van der Waals surface area contributed by atoms with Gasteiger partial charge in [-0.25, -0.2) is 0 Å². The van der Waals surface area contributed by atoms with E-state index in [1.807, 2.05) is 0 Å². The molecule has 0 spiro atoms. The summed E-state index contributed by atoms with van der Waals surface area (Å²) >= 11 is 2.06. The average Bonchev–Trinajstić information content (AvgIpc) is 2.92. The Kier molecular flexibility index (Phi) is 4.01. The van der Waals surface area contributed by atoms with Gasteiger partial charge in [0.25, 0.3) is 0 Å². The fraction of sp³-hybridized carbons (Fsp3) is 0.412. The van der Waals surface area contributed by atoms with E-state index in [9.17, 15) is 0 Å². The summed E-state index contributed by atoms with van der Waals surface area (Å²) in [4.78, 5) is 0. The third kappa shape index (κ3) is 2.58. The molecule has 3 heteroatoms. The second-order valence-electron chi connectivity index (χ2n) is 5.83. The molecule has 1 fully saturated rings. The lowest BCUT2D eigenvalue weighted by molar-refractivity contribution is 0.406. The van der Waals surface area contributed by atoms with Gasteiger partial charge in [0.05, 0.1) is 0 Å². The van der Waals surface area contributed by atoms with Crippen LogP contribution >= 0.6 is 11.8 Å². The van der Waals surface area contributed by atoms with Crippen molar-refractivity contribution in [2.24, 2.45) is 5.84 Å². The van der Waals surface area contributed by atoms with Gasteiger partial charge in [-0.05, 0) is 48.3 Å². The molecular formula is C17H22N2S. The van der Waals surface area contributed by atoms with Gasteiger partial charge in [-0.15, -0.1) is 0 Å². The number of rotatable bonds is 4. The molecule has 0 bridgehead atoms. The van der Waals surface area contributed by atoms with E-state index in [4.69, 9.17) is 5.84 Å². The Morgan fingerprint density at radius 1 is 1.25 bits per heavy atom. The van der Waals surface area contributed by atoms with Crippen molar-refractivity contribution < 1.29 is 0 Å². The van der Waals surface area contributed by atoms with Crippen LogP contribution in [-0.4, -0.2) is 16.5 Å². The maximum atomic E-state index is 5.87. The van der Waals surface area contributed by atoms with Crippen LogP contribution in [0.3, 0.4) is 0 Å². The lowest BCUT2D eigenvalue weighted by atomic mass is 9.89. The highest BCUT2D eigenvalue weighted by atomic mass is 32.2. The highest BCUT2D eigenvalue weighted by molar-refractivity contribution is 8.00. The first-order chi connectivity index (χ1) is 9.73. The number of hydrazine groups is 1. The zero-order valence-electron chi connectivity index (χ0n) is 11.9. The van der Waals surface area contributed by atoms with Crippen LogP contribution in [0.15, 0.2) is 42.5 Å². The SMILES string of the molecule is CC1(C(Cc2cccc3ccccc23)NN)CCCS1. The van der Waals surface area contributed by atoms with Gasteiger partial charge in [0.2, 0.25) is 0 Å². The highest BCUT2D eigenvalue weighted by Gasteiger charge is 2.37. The Morgan fingerprint density at radius 3 is 2.80 bits per heavy atom. The van der Waals surface area contributed by atoms with Gasteiger partial charge >= 0.3 is 0 Å². The van der Waals surface area contributed by atoms with Crippen LogP contribution in [0.1, 0.15) is 25.3 Å². The second-order valence-corrected chi connectivity index (χ2v) is 7.46. The molecule has 20 heavy (non-hydrogen) atoms. The zero-order chi connectivity index (χ0) is 14.0. The minimum absolute atomic E-state index is 0.256. The topological polar surface area (TPSA) is 38.0 Å². The van der Waals surface area contributed by atoms with Gasteiger partial charge in [0, 0.05) is 10.8 Å². The van der Waals surface area contributed by atoms with Gasteiger partial charge in [-0.3, -0.25) is 11.3 Å². The minimum Gasteiger partial charge on any atom is -0.271 e. The smallest absolute Gasteiger partial charge is 0.0395 e. The van der Waals surface area contributed by atoms with E-state index < -0.39 is 0 Å². The standard InChI is InChI=1S/C17H22N2S/c1-17(10-5-11-20-17)16(19-18)12-14-8-4-7-13-6-2-3-9-15(13)14/h2-4,6-9,16,19H,5,10-12,18H2,1H3. The Morgan fingerprint density at radius 2 is 2.05 bits per heavy atom. The Balaban J connectivity index is 1.91. The van der Waals surface area contributed by atoms with Crippen molar-refractivity contribution in [1.82, 2.24) is 5.43 Å². The van der Waals surface area contributed by atoms with Crippen molar-refractivity contribution in [3.05, 3.63) is 48.0 Å². The molecule has 106 valence electrons. The van der Waals surface area contributed by atoms with E-state index in [2.05, 4.69) is 66.6 Å². The van der Waals surface area contributed by atoms with E-state index in [1.165, 1.54) is 34.9 Å². The van der Waals surface area contributed by atoms with Crippen molar-refractivity contribution in [1.29, 1.82) is 0 Å². The van der Waals surface area contributed by atoms with Crippen LogP contribution in [0.4, 0.5) is 0 Å². The first kappa shape index (κ1) is 13.9. The molecule has 1 heterocycles. The molecular weight excluding hydrogens is 264 g/mol. The van der Waals surface area contributed by atoms with E-state index in [-0.39, 0.29) is 4.75 Å². The molecule has 3 rings (SSSR count). The molecule has 3 N–H and O–H groups in total. The van der Waals surface area contributed by atoms with Gasteiger partial charge in [0.15, 0.2) is 0 Å². The second kappa shape index (κ2) is 5.76. The monoisotopic (exact) mass is 286 g/mol. The molecule has 0 saturated carbocycles. The quantitative estimate of drug-likeness (QED) is 0.667. The Bertz CT molecular complexity index is 585. The largest absolute Gasteiger partial charge is 0.271 e. The Hall–Kier alpha value is -1.03. The van der Waals surface area contributed by atoms with Gasteiger partial charge in [0.1, 0.15) is 0 Å². The molecule has 0 aromatic heterocycles. The molecule has 1 saturated heterocycles. The summed E-state index contributed by atoms with van der Waals surface area (Å²) in [5.41, 5.74) is 4.47. The van der Waals surface area contributed by atoms with Crippen LogP contribution in [-0.2, 0) is 6.42 Å². The highest BCUT2D eigenvalue weighted by Crippen LogP contribution is 2.41. The summed E-state index contributed by atoms with van der Waals surface area (Å²) in [6.45, 7) is 2.35. The van der Waals surface area contributed by atoms with Crippen molar-refractivity contribution in [3.63, 3.8) is 0 Å². The van der Waals surface area contributed by atoms with E-state index in [1.54, 1.807) is 0 Å². The van der Waals surface area contributed by atoms with E-state index in [0.29, 0.717) is 6.04 Å². The molecule has 0 amide bonds. The zero-order valence-corrected chi connectivity index (χ0v) is 12.7. The summed E-state index contributed by atoms with van der Waals surface area (Å²) in [5, 5.41) is 2.66. The lowest BCUT2D eigenvalue weighted by Gasteiger charge is -2.33. The molecule has 0 aliphatic carbocycles. The molecule has 2 nitrogen and oxygen atoms in total. The first-order valence-electron chi connectivity index (χ1n) is 7.30. The normalized spacial score (nSPS) is 24.1.